The lowest BCUT2D eigenvalue weighted by Gasteiger charge is -2.23. The molecule has 36 heavy (non-hydrogen) atoms. The van der Waals surface area contributed by atoms with Gasteiger partial charge in [0.15, 0.2) is 0 Å². The zero-order valence-corrected chi connectivity index (χ0v) is 21.8. The van der Waals surface area contributed by atoms with Crippen LogP contribution in [0.1, 0.15) is 27.1 Å². The van der Waals surface area contributed by atoms with E-state index in [1.807, 2.05) is 12.1 Å². The van der Waals surface area contributed by atoms with Crippen LogP contribution < -0.4 is 15.5 Å². The highest BCUT2D eigenvalue weighted by Gasteiger charge is 2.20. The van der Waals surface area contributed by atoms with E-state index >= 15 is 0 Å². The largest absolute Gasteiger partial charge is 0.506 e. The van der Waals surface area contributed by atoms with Crippen molar-refractivity contribution in [3.05, 3.63) is 75.9 Å². The van der Waals surface area contributed by atoms with Crippen molar-refractivity contribution in [1.82, 2.24) is 9.88 Å². The number of pyridine rings is 1. The number of nitrogens with zero attached hydrogens (tertiary/aromatic N) is 3. The van der Waals surface area contributed by atoms with Crippen molar-refractivity contribution >= 4 is 64.6 Å². The fraction of sp³-hybridized carbons (Fsp3) is 0.240. The SMILES string of the molecule is CN1CCCN(c2ccc(C(=O)Nc3c(O)cc(Cl)cc3C(=O)Nc3ccc(Cl)cn3)cc2)CC1.Cl. The van der Waals surface area contributed by atoms with Crippen LogP contribution in [0.5, 0.6) is 5.75 Å². The van der Waals surface area contributed by atoms with Crippen LogP contribution in [0.15, 0.2) is 54.7 Å². The van der Waals surface area contributed by atoms with Gasteiger partial charge in [-0.05, 0) is 62.5 Å². The van der Waals surface area contributed by atoms with Crippen LogP contribution >= 0.6 is 35.6 Å². The number of benzene rings is 2. The van der Waals surface area contributed by atoms with E-state index in [1.165, 1.54) is 24.4 Å². The standard InChI is InChI=1S/C25H25Cl2N5O3.ClH/c1-31-9-2-10-32(12-11-31)19-6-3-16(4-7-19)24(34)30-23-20(13-18(27)14-21(23)33)25(35)29-22-8-5-17(26)15-28-22;/h3-8,13-15,33H,2,9-12H2,1H3,(H,30,34)(H,28,29,35);1H. The molecule has 0 aliphatic carbocycles. The first kappa shape index (κ1) is 27.5. The van der Waals surface area contributed by atoms with Crippen molar-refractivity contribution < 1.29 is 14.7 Å². The number of nitrogens with one attached hydrogen (secondary N) is 2. The number of aromatic nitrogens is 1. The fourth-order valence-electron chi connectivity index (χ4n) is 3.85. The third kappa shape index (κ3) is 6.79. The predicted molar refractivity (Wildman–Crippen MR) is 146 cm³/mol. The molecular weight excluding hydrogens is 525 g/mol. The summed E-state index contributed by atoms with van der Waals surface area (Å²) in [6.07, 6.45) is 2.47. The molecule has 190 valence electrons. The second-order valence-corrected chi connectivity index (χ2v) is 9.18. The molecule has 0 saturated carbocycles. The fourth-order valence-corrected chi connectivity index (χ4v) is 4.17. The van der Waals surface area contributed by atoms with Crippen molar-refractivity contribution in [2.75, 3.05) is 48.8 Å². The van der Waals surface area contributed by atoms with E-state index in [4.69, 9.17) is 23.2 Å². The summed E-state index contributed by atoms with van der Waals surface area (Å²) in [5.41, 5.74) is 1.37. The minimum atomic E-state index is -0.602. The molecule has 1 aromatic heterocycles. The van der Waals surface area contributed by atoms with Gasteiger partial charge in [0.25, 0.3) is 11.8 Å². The number of phenols is 1. The van der Waals surface area contributed by atoms with Crippen LogP contribution in [-0.4, -0.2) is 60.0 Å². The molecule has 0 unspecified atom stereocenters. The Morgan fingerprint density at radius 1 is 0.917 bits per heavy atom. The highest BCUT2D eigenvalue weighted by atomic mass is 35.5. The molecule has 1 aliphatic heterocycles. The molecule has 0 atom stereocenters. The van der Waals surface area contributed by atoms with Gasteiger partial charge >= 0.3 is 0 Å². The number of anilines is 3. The van der Waals surface area contributed by atoms with E-state index in [0.717, 1.165) is 38.3 Å². The lowest BCUT2D eigenvalue weighted by molar-refractivity contribution is 0.102. The topological polar surface area (TPSA) is 97.8 Å². The summed E-state index contributed by atoms with van der Waals surface area (Å²) in [6.45, 7) is 3.91. The van der Waals surface area contributed by atoms with Gasteiger partial charge in [0.1, 0.15) is 11.6 Å². The van der Waals surface area contributed by atoms with E-state index in [0.29, 0.717) is 10.6 Å². The number of rotatable bonds is 5. The molecule has 1 aliphatic rings. The molecule has 0 radical (unpaired) electrons. The van der Waals surface area contributed by atoms with E-state index in [9.17, 15) is 14.7 Å². The van der Waals surface area contributed by atoms with E-state index in [2.05, 4.69) is 32.5 Å². The number of halogens is 3. The van der Waals surface area contributed by atoms with Gasteiger partial charge in [-0.25, -0.2) is 4.98 Å². The smallest absolute Gasteiger partial charge is 0.259 e. The second-order valence-electron chi connectivity index (χ2n) is 8.31. The summed E-state index contributed by atoms with van der Waals surface area (Å²) in [5, 5.41) is 16.3. The van der Waals surface area contributed by atoms with Crippen molar-refractivity contribution in [1.29, 1.82) is 0 Å². The maximum atomic E-state index is 13.0. The lowest BCUT2D eigenvalue weighted by atomic mass is 10.1. The zero-order valence-electron chi connectivity index (χ0n) is 19.5. The number of hydrogen-bond donors (Lipinski definition) is 3. The quantitative estimate of drug-likeness (QED) is 0.380. The molecule has 2 heterocycles. The Bertz CT molecular complexity index is 1220. The van der Waals surface area contributed by atoms with Gasteiger partial charge in [0, 0.05) is 48.2 Å². The van der Waals surface area contributed by atoms with Crippen molar-refractivity contribution in [3.8, 4) is 5.75 Å². The molecule has 2 aromatic carbocycles. The third-order valence-electron chi connectivity index (χ3n) is 5.75. The highest BCUT2D eigenvalue weighted by molar-refractivity contribution is 6.32. The summed E-state index contributed by atoms with van der Waals surface area (Å²) < 4.78 is 0. The van der Waals surface area contributed by atoms with Gasteiger partial charge in [0.05, 0.1) is 16.3 Å². The number of phenolic OH excluding ortho intramolecular Hbond substituents is 1. The molecule has 3 aromatic rings. The molecular formula is C25H26Cl3N5O3. The van der Waals surface area contributed by atoms with Crippen molar-refractivity contribution in [2.24, 2.45) is 0 Å². The van der Waals surface area contributed by atoms with Crippen LogP contribution in [-0.2, 0) is 0 Å². The molecule has 2 amide bonds. The first-order valence-corrected chi connectivity index (χ1v) is 11.9. The number of aromatic hydroxyl groups is 1. The molecule has 1 saturated heterocycles. The van der Waals surface area contributed by atoms with E-state index in [1.54, 1.807) is 18.2 Å². The number of carbonyl (C=O) groups excluding carboxylic acids is 2. The number of carbonyl (C=O) groups is 2. The Balaban J connectivity index is 0.00000361. The normalized spacial score (nSPS) is 13.9. The first-order chi connectivity index (χ1) is 16.8. The van der Waals surface area contributed by atoms with Gasteiger partial charge in [0.2, 0.25) is 0 Å². The second kappa shape index (κ2) is 12.3. The van der Waals surface area contributed by atoms with Crippen LogP contribution in [0, 0.1) is 0 Å². The van der Waals surface area contributed by atoms with Gasteiger partial charge in [-0.2, -0.15) is 0 Å². The summed E-state index contributed by atoms with van der Waals surface area (Å²) in [6, 6.07) is 13.0. The molecule has 8 nitrogen and oxygen atoms in total. The zero-order chi connectivity index (χ0) is 24.9. The van der Waals surface area contributed by atoms with Gasteiger partial charge < -0.3 is 25.5 Å². The van der Waals surface area contributed by atoms with Crippen molar-refractivity contribution in [3.63, 3.8) is 0 Å². The predicted octanol–water partition coefficient (Wildman–Crippen LogP) is 5.16. The van der Waals surface area contributed by atoms with Crippen LogP contribution in [0.3, 0.4) is 0 Å². The van der Waals surface area contributed by atoms with Gasteiger partial charge in [-0.15, -0.1) is 12.4 Å². The first-order valence-electron chi connectivity index (χ1n) is 11.1. The maximum absolute atomic E-state index is 13.0. The molecule has 3 N–H and O–H groups in total. The Labute approximate surface area is 225 Å². The molecule has 0 bridgehead atoms. The minimum Gasteiger partial charge on any atom is -0.506 e. The van der Waals surface area contributed by atoms with E-state index in [-0.39, 0.29) is 40.2 Å². The van der Waals surface area contributed by atoms with Gasteiger partial charge in [-0.1, -0.05) is 23.2 Å². The van der Waals surface area contributed by atoms with Crippen molar-refractivity contribution in [2.45, 2.75) is 6.42 Å². The van der Waals surface area contributed by atoms with E-state index < -0.39 is 11.8 Å². The Hall–Kier alpha value is -3.04. The van der Waals surface area contributed by atoms with Gasteiger partial charge in [-0.3, -0.25) is 9.59 Å². The number of likely N-dealkylation sites (N-methyl/N-ethyl adjacent to an activating group) is 1. The minimum absolute atomic E-state index is 0. The average molecular weight is 551 g/mol. The summed E-state index contributed by atoms with van der Waals surface area (Å²) >= 11 is 11.9. The summed E-state index contributed by atoms with van der Waals surface area (Å²) in [7, 11) is 2.11. The Morgan fingerprint density at radius 3 is 2.36 bits per heavy atom. The number of hydrogen-bond acceptors (Lipinski definition) is 6. The average Bonchev–Trinajstić information content (AvgIpc) is 3.06. The highest BCUT2D eigenvalue weighted by Crippen LogP contribution is 2.32. The lowest BCUT2D eigenvalue weighted by Crippen LogP contribution is -2.28. The molecule has 0 spiro atoms. The summed E-state index contributed by atoms with van der Waals surface area (Å²) in [4.78, 5) is 34.5. The molecule has 4 rings (SSSR count). The van der Waals surface area contributed by atoms with Crippen LogP contribution in [0.4, 0.5) is 17.2 Å². The molecule has 1 fully saturated rings. The number of amides is 2. The third-order valence-corrected chi connectivity index (χ3v) is 6.19. The Kier molecular flexibility index (Phi) is 9.39. The molecule has 11 heteroatoms. The Morgan fingerprint density at radius 2 is 1.67 bits per heavy atom. The van der Waals surface area contributed by atoms with Crippen LogP contribution in [0.25, 0.3) is 0 Å². The summed E-state index contributed by atoms with van der Waals surface area (Å²) in [5.74, 6) is -1.14. The van der Waals surface area contributed by atoms with Crippen LogP contribution in [0.2, 0.25) is 10.0 Å². The maximum Gasteiger partial charge on any atom is 0.259 e. The monoisotopic (exact) mass is 549 g/mol.